The highest BCUT2D eigenvalue weighted by Crippen LogP contribution is 1.86. The molecule has 0 heterocycles. The maximum absolute atomic E-state index is 8.20. The molecule has 0 saturated heterocycles. The minimum Gasteiger partial charge on any atom is -0.316 e. The Kier molecular flexibility index (Phi) is 3.65. The molecule has 0 aliphatic heterocycles. The summed E-state index contributed by atoms with van der Waals surface area (Å²) in [6.07, 6.45) is 2.54. The average molecular weight is 101 g/mol. The van der Waals surface area contributed by atoms with Gasteiger partial charge in [-0.05, 0) is 6.42 Å². The molecule has 42 valence electrons. The monoisotopic (exact) mass is 101 g/mol. The van der Waals surface area contributed by atoms with Crippen LogP contribution in [0.3, 0.4) is 0 Å². The van der Waals surface area contributed by atoms with Gasteiger partial charge in [0.1, 0.15) is 0 Å². The minimum atomic E-state index is 0.0556. The van der Waals surface area contributed by atoms with Crippen LogP contribution in [0, 0.1) is 0 Å². The zero-order valence-corrected chi connectivity index (χ0v) is 4.52. The minimum absolute atomic E-state index is 0.0556. The molecule has 0 spiro atoms. The second kappa shape index (κ2) is 3.84. The summed E-state index contributed by atoms with van der Waals surface area (Å²) in [5.41, 5.74) is 2.08. The number of rotatable bonds is 3. The molecular weight excluding hydrogens is 90.1 g/mol. The third kappa shape index (κ3) is 2.37. The molecule has 0 aliphatic carbocycles. The van der Waals surface area contributed by atoms with Gasteiger partial charge in [-0.2, -0.15) is 5.48 Å². The van der Waals surface area contributed by atoms with Crippen LogP contribution < -0.4 is 5.48 Å². The van der Waals surface area contributed by atoms with Crippen LogP contribution in [0.1, 0.15) is 13.3 Å². The van der Waals surface area contributed by atoms with E-state index in [1.54, 1.807) is 6.08 Å². The molecule has 0 aromatic rings. The van der Waals surface area contributed by atoms with Crippen LogP contribution in [0.2, 0.25) is 0 Å². The van der Waals surface area contributed by atoms with Crippen LogP contribution in [0.5, 0.6) is 0 Å². The first kappa shape index (κ1) is 6.66. The van der Waals surface area contributed by atoms with Gasteiger partial charge in [0.25, 0.3) is 0 Å². The van der Waals surface area contributed by atoms with E-state index in [1.165, 1.54) is 0 Å². The summed E-state index contributed by atoms with van der Waals surface area (Å²) in [4.78, 5) is 0. The van der Waals surface area contributed by atoms with E-state index in [0.29, 0.717) is 0 Å². The van der Waals surface area contributed by atoms with Crippen molar-refractivity contribution in [2.75, 3.05) is 0 Å². The molecule has 0 aromatic heterocycles. The van der Waals surface area contributed by atoms with Crippen molar-refractivity contribution in [2.45, 2.75) is 19.4 Å². The zero-order valence-electron chi connectivity index (χ0n) is 4.52. The van der Waals surface area contributed by atoms with Crippen LogP contribution in [0.15, 0.2) is 12.7 Å². The molecular formula is C5H11NO. The number of nitrogens with one attached hydrogen (secondary N) is 1. The third-order valence-corrected chi connectivity index (χ3v) is 0.890. The van der Waals surface area contributed by atoms with E-state index in [9.17, 15) is 0 Å². The van der Waals surface area contributed by atoms with Gasteiger partial charge in [-0.3, -0.25) is 0 Å². The Morgan fingerprint density at radius 2 is 2.57 bits per heavy atom. The second-order valence-corrected chi connectivity index (χ2v) is 1.38. The van der Waals surface area contributed by atoms with E-state index >= 15 is 0 Å². The van der Waals surface area contributed by atoms with Gasteiger partial charge >= 0.3 is 0 Å². The van der Waals surface area contributed by atoms with Gasteiger partial charge in [0.15, 0.2) is 0 Å². The van der Waals surface area contributed by atoms with Crippen molar-refractivity contribution in [3.63, 3.8) is 0 Å². The quantitative estimate of drug-likeness (QED) is 0.409. The smallest absolute Gasteiger partial charge is 0.0494 e. The summed E-state index contributed by atoms with van der Waals surface area (Å²) >= 11 is 0. The molecule has 7 heavy (non-hydrogen) atoms. The Labute approximate surface area is 43.8 Å². The van der Waals surface area contributed by atoms with Crippen LogP contribution in [-0.2, 0) is 0 Å². The normalized spacial score (nSPS) is 13.4. The topological polar surface area (TPSA) is 32.3 Å². The summed E-state index contributed by atoms with van der Waals surface area (Å²) in [5.74, 6) is 0. The van der Waals surface area contributed by atoms with Crippen LogP contribution in [0.4, 0.5) is 0 Å². The molecule has 0 saturated carbocycles. The maximum Gasteiger partial charge on any atom is 0.0494 e. The Morgan fingerprint density at radius 1 is 2.00 bits per heavy atom. The first-order valence-electron chi connectivity index (χ1n) is 2.37. The fraction of sp³-hybridized carbons (Fsp3) is 0.600. The maximum atomic E-state index is 8.20. The van der Waals surface area contributed by atoms with Crippen molar-refractivity contribution in [1.29, 1.82) is 0 Å². The fourth-order valence-electron chi connectivity index (χ4n) is 0.311. The average Bonchev–Trinajstić information content (AvgIpc) is 1.72. The molecule has 1 atom stereocenters. The molecule has 0 fully saturated rings. The van der Waals surface area contributed by atoms with Crippen molar-refractivity contribution in [1.82, 2.24) is 5.48 Å². The lowest BCUT2D eigenvalue weighted by atomic mass is 10.2. The van der Waals surface area contributed by atoms with Gasteiger partial charge in [0, 0.05) is 6.04 Å². The van der Waals surface area contributed by atoms with E-state index < -0.39 is 0 Å². The Morgan fingerprint density at radius 3 is 2.57 bits per heavy atom. The Hall–Kier alpha value is -0.340. The highest BCUT2D eigenvalue weighted by Gasteiger charge is 1.92. The molecule has 2 nitrogen and oxygen atoms in total. The Balaban J connectivity index is 3.16. The fourth-order valence-corrected chi connectivity index (χ4v) is 0.311. The Bertz CT molecular complexity index is 50.0. The first-order valence-corrected chi connectivity index (χ1v) is 2.37. The predicted octanol–water partition coefficient (Wildman–Crippen LogP) is 0.930. The second-order valence-electron chi connectivity index (χ2n) is 1.38. The van der Waals surface area contributed by atoms with Crippen LogP contribution in [0.25, 0.3) is 0 Å². The van der Waals surface area contributed by atoms with E-state index in [4.69, 9.17) is 5.21 Å². The lowest BCUT2D eigenvalue weighted by Gasteiger charge is -2.02. The van der Waals surface area contributed by atoms with E-state index in [2.05, 4.69) is 12.1 Å². The number of hydroxylamine groups is 1. The van der Waals surface area contributed by atoms with Gasteiger partial charge in [0.2, 0.25) is 0 Å². The zero-order chi connectivity index (χ0) is 5.70. The van der Waals surface area contributed by atoms with Crippen molar-refractivity contribution < 1.29 is 5.21 Å². The van der Waals surface area contributed by atoms with Crippen LogP contribution >= 0.6 is 0 Å². The van der Waals surface area contributed by atoms with E-state index in [-0.39, 0.29) is 6.04 Å². The molecule has 2 heteroatoms. The van der Waals surface area contributed by atoms with E-state index in [0.717, 1.165) is 6.42 Å². The molecule has 0 radical (unpaired) electrons. The molecule has 1 unspecified atom stereocenters. The standard InChI is InChI=1S/C5H11NO/c1-3-5(4-2)6-7/h3,5-7H,1,4H2,2H3. The third-order valence-electron chi connectivity index (χ3n) is 0.890. The number of hydrogen-bond donors (Lipinski definition) is 2. The predicted molar refractivity (Wildman–Crippen MR) is 29.2 cm³/mol. The summed E-state index contributed by atoms with van der Waals surface area (Å²) in [7, 11) is 0. The highest BCUT2D eigenvalue weighted by molar-refractivity contribution is 4.80. The molecule has 0 amide bonds. The van der Waals surface area contributed by atoms with Crippen molar-refractivity contribution in [3.8, 4) is 0 Å². The van der Waals surface area contributed by atoms with Crippen molar-refractivity contribution >= 4 is 0 Å². The highest BCUT2D eigenvalue weighted by atomic mass is 16.5. The largest absolute Gasteiger partial charge is 0.316 e. The van der Waals surface area contributed by atoms with Crippen molar-refractivity contribution in [2.24, 2.45) is 0 Å². The van der Waals surface area contributed by atoms with Gasteiger partial charge < -0.3 is 5.21 Å². The SMILES string of the molecule is C=CC(CC)NO. The van der Waals surface area contributed by atoms with Crippen molar-refractivity contribution in [3.05, 3.63) is 12.7 Å². The molecule has 0 rings (SSSR count). The molecule has 0 bridgehead atoms. The van der Waals surface area contributed by atoms with Gasteiger partial charge in [-0.1, -0.05) is 13.0 Å². The van der Waals surface area contributed by atoms with Crippen LogP contribution in [-0.4, -0.2) is 11.2 Å². The molecule has 0 aliphatic rings. The first-order chi connectivity index (χ1) is 3.35. The number of hydrogen-bond acceptors (Lipinski definition) is 2. The lowest BCUT2D eigenvalue weighted by Crippen LogP contribution is -2.21. The summed E-state index contributed by atoms with van der Waals surface area (Å²) < 4.78 is 0. The van der Waals surface area contributed by atoms with Gasteiger partial charge in [-0.15, -0.1) is 6.58 Å². The lowest BCUT2D eigenvalue weighted by molar-refractivity contribution is 0.142. The summed E-state index contributed by atoms with van der Waals surface area (Å²) in [6, 6.07) is 0.0556. The molecule has 2 N–H and O–H groups in total. The summed E-state index contributed by atoms with van der Waals surface area (Å²) in [5, 5.41) is 8.20. The molecule has 0 aromatic carbocycles. The van der Waals surface area contributed by atoms with Gasteiger partial charge in [0.05, 0.1) is 0 Å². The summed E-state index contributed by atoms with van der Waals surface area (Å²) in [6.45, 7) is 5.45. The van der Waals surface area contributed by atoms with E-state index in [1.807, 2.05) is 6.92 Å². The van der Waals surface area contributed by atoms with Gasteiger partial charge in [-0.25, -0.2) is 0 Å².